The molecule has 58 heavy (non-hydrogen) atoms. The zero-order valence-corrected chi connectivity index (χ0v) is 36.5. The van der Waals surface area contributed by atoms with E-state index >= 15 is 0 Å². The number of ether oxygens (including phenoxy) is 2. The van der Waals surface area contributed by atoms with Crippen LogP contribution in [0.3, 0.4) is 0 Å². The Bertz CT molecular complexity index is 1200. The number of carbonyl (C=O) groups is 1. The molecule has 0 aromatic carbocycles. The van der Waals surface area contributed by atoms with Crippen LogP contribution in [0.5, 0.6) is 0 Å². The second-order valence-electron chi connectivity index (χ2n) is 15.8. The van der Waals surface area contributed by atoms with Crippen molar-refractivity contribution in [1.82, 2.24) is 5.32 Å². The first-order valence-corrected chi connectivity index (χ1v) is 23.8. The van der Waals surface area contributed by atoms with E-state index in [0.717, 1.165) is 44.9 Å². The van der Waals surface area contributed by atoms with Crippen molar-refractivity contribution in [3.63, 3.8) is 0 Å². The van der Waals surface area contributed by atoms with Gasteiger partial charge in [-0.2, -0.15) is 8.42 Å². The molecule has 0 aliphatic carbocycles. The molecule has 0 saturated carbocycles. The minimum atomic E-state index is -5.12. The smallest absolute Gasteiger partial charge is 0.394 e. The van der Waals surface area contributed by atoms with Crippen LogP contribution in [0, 0.1) is 0 Å². The van der Waals surface area contributed by atoms with Crippen LogP contribution in [0.1, 0.15) is 174 Å². The first-order valence-electron chi connectivity index (χ1n) is 22.5. The quantitative estimate of drug-likeness (QED) is 0.0187. The molecule has 0 spiro atoms. The number of aliphatic hydroxyl groups excluding tert-OH is 5. The second kappa shape index (κ2) is 34.9. The molecule has 1 saturated heterocycles. The summed E-state index contributed by atoms with van der Waals surface area (Å²) in [6, 6.07) is -1.14. The molecule has 0 aromatic heterocycles. The standard InChI is InChI=1S/C44H81NO12S/c1-3-5-7-9-11-13-14-15-16-17-18-19-20-21-22-23-25-26-28-30-32-37(47)36(45-43(51)38(48)33-31-29-27-24-12-10-8-6-4-2)35-55-44-41(50)42(57-58(52,53)54)40(49)39(34-46)56-44/h19-20,23,25,30,32,36-42,44,46-50H,3-18,21-22,24,26-29,31,33-35H2,1-2H3,(H,45,51)(H,52,53,54)/b20-19+,25-23+,32-30+. The lowest BCUT2D eigenvalue weighted by Crippen LogP contribution is -2.61. The molecule has 340 valence electrons. The zero-order chi connectivity index (χ0) is 42.9. The molecular weight excluding hydrogens is 767 g/mol. The van der Waals surface area contributed by atoms with Gasteiger partial charge in [-0.05, 0) is 44.9 Å². The van der Waals surface area contributed by atoms with Crippen LogP contribution in [-0.2, 0) is 28.9 Å². The molecular formula is C44H81NO12S. The van der Waals surface area contributed by atoms with Gasteiger partial charge in [-0.1, -0.05) is 166 Å². The summed E-state index contributed by atoms with van der Waals surface area (Å²) in [5, 5.41) is 55.0. The Morgan fingerprint density at radius 1 is 0.690 bits per heavy atom. The van der Waals surface area contributed by atoms with E-state index in [9.17, 15) is 38.7 Å². The first-order chi connectivity index (χ1) is 27.9. The Hall–Kier alpha value is -1.72. The van der Waals surface area contributed by atoms with Crippen molar-refractivity contribution in [1.29, 1.82) is 0 Å². The van der Waals surface area contributed by atoms with Crippen LogP contribution in [0.25, 0.3) is 0 Å². The van der Waals surface area contributed by atoms with Crippen molar-refractivity contribution < 1.29 is 57.0 Å². The molecule has 0 radical (unpaired) electrons. The molecule has 8 atom stereocenters. The number of hydrogen-bond acceptors (Lipinski definition) is 11. The number of amides is 1. The third-order valence-corrected chi connectivity index (χ3v) is 11.0. The van der Waals surface area contributed by atoms with Crippen molar-refractivity contribution in [2.75, 3.05) is 13.2 Å². The van der Waals surface area contributed by atoms with Gasteiger partial charge in [0.1, 0.15) is 30.5 Å². The number of hydrogen-bond donors (Lipinski definition) is 7. The van der Waals surface area contributed by atoms with Gasteiger partial charge in [0.25, 0.3) is 0 Å². The number of carbonyl (C=O) groups excluding carboxylic acids is 1. The molecule has 0 aromatic rings. The first kappa shape index (κ1) is 54.3. The number of allylic oxidation sites excluding steroid dienone is 5. The number of aliphatic hydroxyl groups is 5. The molecule has 1 aliphatic rings. The topological polar surface area (TPSA) is 212 Å². The average Bonchev–Trinajstić information content (AvgIpc) is 3.19. The van der Waals surface area contributed by atoms with Crippen LogP contribution >= 0.6 is 0 Å². The summed E-state index contributed by atoms with van der Waals surface area (Å²) in [4.78, 5) is 13.0. The monoisotopic (exact) mass is 848 g/mol. The molecule has 13 nitrogen and oxygen atoms in total. The fourth-order valence-electron chi connectivity index (χ4n) is 6.90. The molecule has 1 fully saturated rings. The molecule has 0 bridgehead atoms. The maximum Gasteiger partial charge on any atom is 0.397 e. The van der Waals surface area contributed by atoms with Gasteiger partial charge < -0.3 is 40.3 Å². The third-order valence-electron chi connectivity index (χ3n) is 10.5. The van der Waals surface area contributed by atoms with Gasteiger partial charge in [-0.15, -0.1) is 0 Å². The lowest BCUT2D eigenvalue weighted by molar-refractivity contribution is -0.298. The fourth-order valence-corrected chi connectivity index (χ4v) is 7.41. The summed E-state index contributed by atoms with van der Waals surface area (Å²) < 4.78 is 47.4. The SMILES string of the molecule is CCCCCCCCCCCC/C=C/CC/C=C/CC/C=C/C(O)C(COC1OC(CO)C(O)C(OS(=O)(=O)O)C1O)NC(=O)C(O)CCCCCCCCCCC. The van der Waals surface area contributed by atoms with Crippen molar-refractivity contribution in [2.24, 2.45) is 0 Å². The van der Waals surface area contributed by atoms with Crippen molar-refractivity contribution in [2.45, 2.75) is 223 Å². The summed E-state index contributed by atoms with van der Waals surface area (Å²) in [5.41, 5.74) is 0. The highest BCUT2D eigenvalue weighted by molar-refractivity contribution is 7.80. The Labute approximate surface area is 350 Å². The highest BCUT2D eigenvalue weighted by atomic mass is 32.3. The van der Waals surface area contributed by atoms with Gasteiger partial charge in [0.15, 0.2) is 6.29 Å². The predicted molar refractivity (Wildman–Crippen MR) is 228 cm³/mol. The van der Waals surface area contributed by atoms with E-state index in [1.165, 1.54) is 102 Å². The van der Waals surface area contributed by atoms with Gasteiger partial charge in [-0.3, -0.25) is 9.35 Å². The predicted octanol–water partition coefficient (Wildman–Crippen LogP) is 7.30. The highest BCUT2D eigenvalue weighted by Gasteiger charge is 2.48. The van der Waals surface area contributed by atoms with E-state index in [0.29, 0.717) is 12.8 Å². The Morgan fingerprint density at radius 2 is 1.16 bits per heavy atom. The van der Waals surface area contributed by atoms with Crippen molar-refractivity contribution in [3.8, 4) is 0 Å². The van der Waals surface area contributed by atoms with E-state index in [1.54, 1.807) is 6.08 Å². The maximum atomic E-state index is 13.0. The molecule has 1 aliphatic heterocycles. The summed E-state index contributed by atoms with van der Waals surface area (Å²) >= 11 is 0. The maximum absolute atomic E-state index is 13.0. The lowest BCUT2D eigenvalue weighted by Gasteiger charge is -2.41. The van der Waals surface area contributed by atoms with Gasteiger partial charge in [0.05, 0.1) is 25.4 Å². The number of nitrogens with one attached hydrogen (secondary N) is 1. The van der Waals surface area contributed by atoms with Crippen LogP contribution in [0.4, 0.5) is 0 Å². The van der Waals surface area contributed by atoms with Gasteiger partial charge in [-0.25, -0.2) is 4.18 Å². The summed E-state index contributed by atoms with van der Waals surface area (Å²) in [6.45, 7) is 3.15. The van der Waals surface area contributed by atoms with E-state index < -0.39 is 78.5 Å². The van der Waals surface area contributed by atoms with Gasteiger partial charge in [0, 0.05) is 0 Å². The summed E-state index contributed by atoms with van der Waals surface area (Å²) in [7, 11) is -5.12. The third kappa shape index (κ3) is 27.2. The largest absolute Gasteiger partial charge is 0.397 e. The Balaban J connectivity index is 2.62. The van der Waals surface area contributed by atoms with E-state index in [2.05, 4.69) is 47.7 Å². The molecule has 1 amide bonds. The minimum absolute atomic E-state index is 0.234. The molecule has 1 heterocycles. The molecule has 7 N–H and O–H groups in total. The average molecular weight is 848 g/mol. The van der Waals surface area contributed by atoms with E-state index in [1.807, 2.05) is 0 Å². The van der Waals surface area contributed by atoms with Crippen LogP contribution in [0.15, 0.2) is 36.5 Å². The normalized spacial score (nSPS) is 22.0. The van der Waals surface area contributed by atoms with E-state index in [4.69, 9.17) is 14.0 Å². The van der Waals surface area contributed by atoms with Crippen LogP contribution in [-0.4, -0.2) is 107 Å². The number of unbranched alkanes of at least 4 members (excludes halogenated alkanes) is 20. The minimum Gasteiger partial charge on any atom is -0.394 e. The Morgan fingerprint density at radius 3 is 1.66 bits per heavy atom. The lowest BCUT2D eigenvalue weighted by atomic mass is 9.99. The second-order valence-corrected chi connectivity index (χ2v) is 16.8. The molecule has 8 unspecified atom stereocenters. The Kier molecular flexibility index (Phi) is 32.7. The fraction of sp³-hybridized carbons (Fsp3) is 0.841. The van der Waals surface area contributed by atoms with E-state index in [-0.39, 0.29) is 6.42 Å². The number of rotatable bonds is 37. The van der Waals surface area contributed by atoms with Crippen LogP contribution < -0.4 is 5.32 Å². The summed E-state index contributed by atoms with van der Waals surface area (Å²) in [6.07, 6.45) is 28.2. The molecule has 1 rings (SSSR count). The summed E-state index contributed by atoms with van der Waals surface area (Å²) in [5.74, 6) is -0.720. The highest BCUT2D eigenvalue weighted by Crippen LogP contribution is 2.26. The van der Waals surface area contributed by atoms with Gasteiger partial charge in [0.2, 0.25) is 5.91 Å². The van der Waals surface area contributed by atoms with Crippen molar-refractivity contribution in [3.05, 3.63) is 36.5 Å². The van der Waals surface area contributed by atoms with Gasteiger partial charge >= 0.3 is 10.4 Å². The zero-order valence-electron chi connectivity index (χ0n) is 35.7. The van der Waals surface area contributed by atoms with Crippen molar-refractivity contribution >= 4 is 16.3 Å². The molecule has 14 heteroatoms. The van der Waals surface area contributed by atoms with Crippen LogP contribution in [0.2, 0.25) is 0 Å².